The minimum atomic E-state index is -1.30. The van der Waals surface area contributed by atoms with Crippen LogP contribution in [0.5, 0.6) is 0 Å². The van der Waals surface area contributed by atoms with Gasteiger partial charge in [-0.3, -0.25) is 14.4 Å². The van der Waals surface area contributed by atoms with E-state index < -0.39 is 36.2 Å². The predicted molar refractivity (Wildman–Crippen MR) is 58.3 cm³/mol. The molecule has 0 aliphatic carbocycles. The van der Waals surface area contributed by atoms with Crippen molar-refractivity contribution in [2.45, 2.75) is 27.2 Å². The van der Waals surface area contributed by atoms with Crippen molar-refractivity contribution in [3.63, 3.8) is 0 Å². The van der Waals surface area contributed by atoms with Crippen molar-refractivity contribution in [2.75, 3.05) is 6.61 Å². The topological polar surface area (TPSA) is 101 Å². The number of esters is 1. The Morgan fingerprint density at radius 3 is 2.00 bits per heavy atom. The van der Waals surface area contributed by atoms with Crippen LogP contribution in [-0.4, -0.2) is 34.7 Å². The van der Waals surface area contributed by atoms with Crippen LogP contribution in [0.15, 0.2) is 0 Å². The van der Waals surface area contributed by atoms with Crippen LogP contribution in [-0.2, 0) is 19.1 Å². The molecular formula is C11H18O6. The van der Waals surface area contributed by atoms with Gasteiger partial charge in [0, 0.05) is 0 Å². The Morgan fingerprint density at radius 2 is 1.65 bits per heavy atom. The summed E-state index contributed by atoms with van der Waals surface area (Å²) >= 11 is 0. The summed E-state index contributed by atoms with van der Waals surface area (Å²) < 4.78 is 4.88. The first-order chi connectivity index (χ1) is 7.75. The van der Waals surface area contributed by atoms with E-state index in [1.165, 1.54) is 6.92 Å². The molecular weight excluding hydrogens is 228 g/mol. The van der Waals surface area contributed by atoms with Crippen LogP contribution in [0, 0.1) is 17.8 Å². The molecule has 0 aromatic rings. The van der Waals surface area contributed by atoms with Gasteiger partial charge < -0.3 is 14.9 Å². The van der Waals surface area contributed by atoms with E-state index in [0.717, 1.165) is 0 Å². The van der Waals surface area contributed by atoms with E-state index in [1.54, 1.807) is 0 Å². The van der Waals surface area contributed by atoms with Gasteiger partial charge in [-0.05, 0) is 5.92 Å². The second-order valence-corrected chi connectivity index (χ2v) is 4.36. The molecule has 98 valence electrons. The third-order valence-corrected chi connectivity index (χ3v) is 2.25. The third kappa shape index (κ3) is 5.89. The molecule has 0 heterocycles. The Kier molecular flexibility index (Phi) is 6.23. The van der Waals surface area contributed by atoms with Gasteiger partial charge in [-0.2, -0.15) is 0 Å². The number of carbonyl (C=O) groups excluding carboxylic acids is 1. The molecule has 0 radical (unpaired) electrons. The van der Waals surface area contributed by atoms with Crippen molar-refractivity contribution < 1.29 is 29.3 Å². The standard InChI is InChI=1S/C11H18O6/c1-6(2)5-17-11(16)7(3)8(10(14)15)4-9(12)13/h6-8H,4-5H2,1-3H3,(H,12,13)(H,14,15). The zero-order valence-corrected chi connectivity index (χ0v) is 10.2. The lowest BCUT2D eigenvalue weighted by atomic mass is 9.91. The van der Waals surface area contributed by atoms with Crippen molar-refractivity contribution in [3.8, 4) is 0 Å². The minimum absolute atomic E-state index is 0.147. The van der Waals surface area contributed by atoms with Crippen LogP contribution in [0.25, 0.3) is 0 Å². The first kappa shape index (κ1) is 15.4. The Hall–Kier alpha value is -1.59. The maximum absolute atomic E-state index is 11.5. The van der Waals surface area contributed by atoms with E-state index in [9.17, 15) is 14.4 Å². The van der Waals surface area contributed by atoms with E-state index in [4.69, 9.17) is 14.9 Å². The maximum atomic E-state index is 11.5. The molecule has 0 amide bonds. The smallest absolute Gasteiger partial charge is 0.309 e. The van der Waals surface area contributed by atoms with E-state index in [0.29, 0.717) is 0 Å². The molecule has 6 nitrogen and oxygen atoms in total. The van der Waals surface area contributed by atoms with Crippen molar-refractivity contribution in [1.82, 2.24) is 0 Å². The highest BCUT2D eigenvalue weighted by Crippen LogP contribution is 2.18. The second-order valence-electron chi connectivity index (χ2n) is 4.36. The summed E-state index contributed by atoms with van der Waals surface area (Å²) in [5, 5.41) is 17.4. The lowest BCUT2D eigenvalue weighted by Crippen LogP contribution is -2.31. The zero-order chi connectivity index (χ0) is 13.6. The fourth-order valence-corrected chi connectivity index (χ4v) is 1.21. The number of rotatable bonds is 7. The van der Waals surface area contributed by atoms with Crippen LogP contribution in [0.1, 0.15) is 27.2 Å². The molecule has 2 unspecified atom stereocenters. The average molecular weight is 246 g/mol. The van der Waals surface area contributed by atoms with Crippen molar-refractivity contribution in [1.29, 1.82) is 0 Å². The Balaban J connectivity index is 4.49. The number of carboxylic acids is 2. The zero-order valence-electron chi connectivity index (χ0n) is 10.2. The summed E-state index contributed by atoms with van der Waals surface area (Å²) in [5.74, 6) is -5.31. The van der Waals surface area contributed by atoms with Crippen LogP contribution >= 0.6 is 0 Å². The number of hydrogen-bond donors (Lipinski definition) is 2. The molecule has 0 bridgehead atoms. The predicted octanol–water partition coefficient (Wildman–Crippen LogP) is 0.997. The first-order valence-corrected chi connectivity index (χ1v) is 5.37. The molecule has 0 aromatic heterocycles. The van der Waals surface area contributed by atoms with Crippen molar-refractivity contribution in [2.24, 2.45) is 17.8 Å². The van der Waals surface area contributed by atoms with Crippen molar-refractivity contribution in [3.05, 3.63) is 0 Å². The van der Waals surface area contributed by atoms with E-state index in [2.05, 4.69) is 0 Å². The van der Waals surface area contributed by atoms with E-state index in [1.807, 2.05) is 13.8 Å². The minimum Gasteiger partial charge on any atom is -0.481 e. The molecule has 0 aliphatic rings. The summed E-state index contributed by atoms with van der Waals surface area (Å²) in [6.07, 6.45) is -0.590. The molecule has 0 rings (SSSR count). The van der Waals surface area contributed by atoms with Gasteiger partial charge in [-0.1, -0.05) is 20.8 Å². The van der Waals surface area contributed by atoms with Crippen LogP contribution in [0.4, 0.5) is 0 Å². The van der Waals surface area contributed by atoms with Gasteiger partial charge in [0.05, 0.1) is 24.9 Å². The molecule has 6 heteroatoms. The number of ether oxygens (including phenoxy) is 1. The fourth-order valence-electron chi connectivity index (χ4n) is 1.21. The molecule has 17 heavy (non-hydrogen) atoms. The highest BCUT2D eigenvalue weighted by Gasteiger charge is 2.33. The molecule has 0 fully saturated rings. The largest absolute Gasteiger partial charge is 0.481 e. The number of carbonyl (C=O) groups is 3. The summed E-state index contributed by atoms with van der Waals surface area (Å²) in [6, 6.07) is 0. The van der Waals surface area contributed by atoms with Gasteiger partial charge in [0.1, 0.15) is 0 Å². The van der Waals surface area contributed by atoms with Gasteiger partial charge in [-0.15, -0.1) is 0 Å². The summed E-state index contributed by atoms with van der Waals surface area (Å²) in [7, 11) is 0. The highest BCUT2D eigenvalue weighted by atomic mass is 16.5. The molecule has 0 saturated heterocycles. The third-order valence-electron chi connectivity index (χ3n) is 2.25. The molecule has 2 N–H and O–H groups in total. The van der Waals surface area contributed by atoms with E-state index >= 15 is 0 Å². The summed E-state index contributed by atoms with van der Waals surface area (Å²) in [5.41, 5.74) is 0. The lowest BCUT2D eigenvalue weighted by molar-refractivity contribution is -0.160. The van der Waals surface area contributed by atoms with Crippen LogP contribution < -0.4 is 0 Å². The molecule has 0 aliphatic heterocycles. The van der Waals surface area contributed by atoms with Crippen LogP contribution in [0.3, 0.4) is 0 Å². The number of carboxylic acid groups (broad SMARTS) is 2. The van der Waals surface area contributed by atoms with Crippen molar-refractivity contribution >= 4 is 17.9 Å². The average Bonchev–Trinajstić information content (AvgIpc) is 2.20. The van der Waals surface area contributed by atoms with Gasteiger partial charge in [0.2, 0.25) is 0 Å². The maximum Gasteiger partial charge on any atom is 0.309 e. The second kappa shape index (κ2) is 6.88. The quantitative estimate of drug-likeness (QED) is 0.650. The van der Waals surface area contributed by atoms with Gasteiger partial charge in [0.25, 0.3) is 0 Å². The first-order valence-electron chi connectivity index (χ1n) is 5.37. The Bertz CT molecular complexity index is 296. The fraction of sp³-hybridized carbons (Fsp3) is 0.727. The lowest BCUT2D eigenvalue weighted by Gasteiger charge is -2.18. The highest BCUT2D eigenvalue weighted by molar-refractivity contribution is 5.84. The summed E-state index contributed by atoms with van der Waals surface area (Å²) in [4.78, 5) is 32.8. The molecule has 0 saturated carbocycles. The Morgan fingerprint density at radius 1 is 1.12 bits per heavy atom. The Labute approximate surface area is 99.6 Å². The van der Waals surface area contributed by atoms with Gasteiger partial charge >= 0.3 is 17.9 Å². The van der Waals surface area contributed by atoms with E-state index in [-0.39, 0.29) is 12.5 Å². The normalized spacial score (nSPS) is 14.1. The van der Waals surface area contributed by atoms with Gasteiger partial charge in [-0.25, -0.2) is 0 Å². The SMILES string of the molecule is CC(C)COC(=O)C(C)C(CC(=O)O)C(=O)O. The molecule has 0 aromatic carbocycles. The van der Waals surface area contributed by atoms with Crippen LogP contribution in [0.2, 0.25) is 0 Å². The number of aliphatic carboxylic acids is 2. The molecule has 2 atom stereocenters. The monoisotopic (exact) mass is 246 g/mol. The van der Waals surface area contributed by atoms with Gasteiger partial charge in [0.15, 0.2) is 0 Å². The number of hydrogen-bond acceptors (Lipinski definition) is 4. The molecule has 0 spiro atoms. The summed E-state index contributed by atoms with van der Waals surface area (Å²) in [6.45, 7) is 5.26.